The molecule has 1 rings (SSSR count). The van der Waals surface area contributed by atoms with E-state index in [2.05, 4.69) is 4.90 Å². The van der Waals surface area contributed by atoms with Crippen LogP contribution < -0.4 is 0 Å². The van der Waals surface area contributed by atoms with Crippen molar-refractivity contribution in [2.75, 3.05) is 51.0 Å². The Morgan fingerprint density at radius 2 is 1.76 bits per heavy atom. The Kier molecular flexibility index (Phi) is 6.72. The van der Waals surface area contributed by atoms with Crippen LogP contribution in [0.2, 0.25) is 0 Å². The van der Waals surface area contributed by atoms with E-state index in [1.54, 1.807) is 4.31 Å². The SMILES string of the molecule is O=S(=O)(CCCCCl)N1CCN(CCO)CC1. The zero-order valence-corrected chi connectivity index (χ0v) is 11.6. The summed E-state index contributed by atoms with van der Waals surface area (Å²) < 4.78 is 25.4. The van der Waals surface area contributed by atoms with Gasteiger partial charge in [0, 0.05) is 38.6 Å². The maximum absolute atomic E-state index is 11.9. The lowest BCUT2D eigenvalue weighted by atomic mass is 10.4. The molecule has 1 N–H and O–H groups in total. The number of unbranched alkanes of at least 4 members (excludes halogenated alkanes) is 1. The summed E-state index contributed by atoms with van der Waals surface area (Å²) in [7, 11) is -3.11. The number of nitrogens with zero attached hydrogens (tertiary/aromatic N) is 2. The Hall–Kier alpha value is 0.120. The first-order valence-electron chi connectivity index (χ1n) is 5.97. The van der Waals surface area contributed by atoms with Crippen LogP contribution in [0.4, 0.5) is 0 Å². The molecular formula is C10H21ClN2O3S. The molecule has 0 unspecified atom stereocenters. The van der Waals surface area contributed by atoms with Gasteiger partial charge in [-0.1, -0.05) is 0 Å². The quantitative estimate of drug-likeness (QED) is 0.526. The van der Waals surface area contributed by atoms with Crippen molar-refractivity contribution in [3.8, 4) is 0 Å². The van der Waals surface area contributed by atoms with E-state index in [0.717, 1.165) is 6.42 Å². The third kappa shape index (κ3) is 5.09. The van der Waals surface area contributed by atoms with Gasteiger partial charge in [-0.05, 0) is 12.8 Å². The number of alkyl halides is 1. The van der Waals surface area contributed by atoms with E-state index in [-0.39, 0.29) is 12.4 Å². The molecule has 17 heavy (non-hydrogen) atoms. The van der Waals surface area contributed by atoms with E-state index >= 15 is 0 Å². The molecule has 102 valence electrons. The molecule has 5 nitrogen and oxygen atoms in total. The summed E-state index contributed by atoms with van der Waals surface area (Å²) in [5, 5.41) is 8.80. The Balaban J connectivity index is 2.36. The summed E-state index contributed by atoms with van der Waals surface area (Å²) in [6, 6.07) is 0. The molecule has 7 heteroatoms. The Bertz CT molecular complexity index is 303. The molecule has 1 saturated heterocycles. The van der Waals surface area contributed by atoms with Crippen molar-refractivity contribution in [3.63, 3.8) is 0 Å². The normalized spacial score (nSPS) is 19.6. The first-order valence-corrected chi connectivity index (χ1v) is 8.11. The lowest BCUT2D eigenvalue weighted by Crippen LogP contribution is -2.49. The number of hydrogen-bond acceptors (Lipinski definition) is 4. The number of aliphatic hydroxyl groups is 1. The van der Waals surface area contributed by atoms with Crippen LogP contribution in [0.5, 0.6) is 0 Å². The average Bonchev–Trinajstić information content (AvgIpc) is 2.30. The minimum absolute atomic E-state index is 0.127. The molecular weight excluding hydrogens is 264 g/mol. The summed E-state index contributed by atoms with van der Waals surface area (Å²) in [4.78, 5) is 2.07. The number of aliphatic hydroxyl groups excluding tert-OH is 1. The smallest absolute Gasteiger partial charge is 0.214 e. The number of piperazine rings is 1. The largest absolute Gasteiger partial charge is 0.395 e. The molecule has 0 amide bonds. The first kappa shape index (κ1) is 15.2. The molecule has 0 aromatic rings. The topological polar surface area (TPSA) is 60.9 Å². The monoisotopic (exact) mass is 284 g/mol. The van der Waals surface area contributed by atoms with Crippen molar-refractivity contribution in [3.05, 3.63) is 0 Å². The molecule has 0 aromatic heterocycles. The number of β-amino-alcohol motifs (C(OH)–C–C–N with tert-alkyl or cyclic N) is 1. The number of halogens is 1. The maximum Gasteiger partial charge on any atom is 0.214 e. The second-order valence-electron chi connectivity index (χ2n) is 4.18. The van der Waals surface area contributed by atoms with Crippen LogP contribution in [0, 0.1) is 0 Å². The number of hydrogen-bond donors (Lipinski definition) is 1. The molecule has 0 saturated carbocycles. The fourth-order valence-corrected chi connectivity index (χ4v) is 3.62. The summed E-state index contributed by atoms with van der Waals surface area (Å²) in [6.45, 7) is 3.22. The molecule has 1 aliphatic rings. The third-order valence-corrected chi connectivity index (χ3v) is 5.15. The van der Waals surface area contributed by atoms with Crippen molar-refractivity contribution in [1.29, 1.82) is 0 Å². The van der Waals surface area contributed by atoms with Gasteiger partial charge in [-0.3, -0.25) is 4.90 Å². The summed E-state index contributed by atoms with van der Waals surface area (Å²) in [5.41, 5.74) is 0. The van der Waals surface area contributed by atoms with Gasteiger partial charge in [0.15, 0.2) is 0 Å². The van der Waals surface area contributed by atoms with Gasteiger partial charge in [-0.25, -0.2) is 8.42 Å². The van der Waals surface area contributed by atoms with E-state index in [4.69, 9.17) is 16.7 Å². The van der Waals surface area contributed by atoms with Gasteiger partial charge < -0.3 is 5.11 Å². The predicted octanol–water partition coefficient (Wildman–Crippen LogP) is -0.0549. The van der Waals surface area contributed by atoms with Gasteiger partial charge >= 0.3 is 0 Å². The summed E-state index contributed by atoms with van der Waals surface area (Å²) in [5.74, 6) is 0.708. The predicted molar refractivity (Wildman–Crippen MR) is 68.8 cm³/mol. The van der Waals surface area contributed by atoms with Gasteiger partial charge in [-0.2, -0.15) is 4.31 Å². The third-order valence-electron chi connectivity index (χ3n) is 2.93. The minimum Gasteiger partial charge on any atom is -0.395 e. The number of rotatable bonds is 7. The highest BCUT2D eigenvalue weighted by Crippen LogP contribution is 2.09. The fraction of sp³-hybridized carbons (Fsp3) is 1.00. The molecule has 1 aliphatic heterocycles. The first-order chi connectivity index (χ1) is 8.10. The molecule has 0 aliphatic carbocycles. The van der Waals surface area contributed by atoms with Crippen LogP contribution >= 0.6 is 11.6 Å². The van der Waals surface area contributed by atoms with Crippen molar-refractivity contribution in [2.24, 2.45) is 0 Å². The van der Waals surface area contributed by atoms with Crippen molar-refractivity contribution in [1.82, 2.24) is 9.21 Å². The molecule has 0 radical (unpaired) electrons. The van der Waals surface area contributed by atoms with Crippen LogP contribution in [0.25, 0.3) is 0 Å². The standard InChI is InChI=1S/C10H21ClN2O3S/c11-3-1-2-10-17(15,16)13-6-4-12(5-7-13)8-9-14/h14H,1-10H2. The Morgan fingerprint density at radius 3 is 2.29 bits per heavy atom. The highest BCUT2D eigenvalue weighted by Gasteiger charge is 2.25. The van der Waals surface area contributed by atoms with Crippen molar-refractivity contribution >= 4 is 21.6 Å². The molecule has 0 aromatic carbocycles. The van der Waals surface area contributed by atoms with Gasteiger partial charge in [-0.15, -0.1) is 11.6 Å². The molecule has 1 heterocycles. The second-order valence-corrected chi connectivity index (χ2v) is 6.64. The van der Waals surface area contributed by atoms with Gasteiger partial charge in [0.25, 0.3) is 0 Å². The fourth-order valence-electron chi connectivity index (χ4n) is 1.88. The molecule has 1 fully saturated rings. The van der Waals surface area contributed by atoms with E-state index in [1.165, 1.54) is 0 Å². The minimum atomic E-state index is -3.11. The number of sulfonamides is 1. The molecule has 0 bridgehead atoms. The summed E-state index contributed by atoms with van der Waals surface area (Å²) >= 11 is 5.53. The second kappa shape index (κ2) is 7.53. The van der Waals surface area contributed by atoms with Crippen LogP contribution in [0.1, 0.15) is 12.8 Å². The summed E-state index contributed by atoms with van der Waals surface area (Å²) in [6.07, 6.45) is 1.37. The van der Waals surface area contributed by atoms with E-state index < -0.39 is 10.0 Å². The van der Waals surface area contributed by atoms with Crippen molar-refractivity contribution < 1.29 is 13.5 Å². The Labute approximate surface area is 108 Å². The van der Waals surface area contributed by atoms with Crippen LogP contribution in [-0.2, 0) is 10.0 Å². The van der Waals surface area contributed by atoms with Crippen LogP contribution in [-0.4, -0.2) is 73.7 Å². The van der Waals surface area contributed by atoms with E-state index in [9.17, 15) is 8.42 Å². The zero-order chi connectivity index (χ0) is 12.7. The molecule has 0 spiro atoms. The molecule has 0 atom stereocenters. The van der Waals surface area contributed by atoms with Gasteiger partial charge in [0.05, 0.1) is 12.4 Å². The van der Waals surface area contributed by atoms with Gasteiger partial charge in [0.1, 0.15) is 0 Å². The van der Waals surface area contributed by atoms with Crippen LogP contribution in [0.3, 0.4) is 0 Å². The van der Waals surface area contributed by atoms with Crippen molar-refractivity contribution in [2.45, 2.75) is 12.8 Å². The highest BCUT2D eigenvalue weighted by atomic mass is 35.5. The maximum atomic E-state index is 11.9. The lowest BCUT2D eigenvalue weighted by Gasteiger charge is -2.33. The van der Waals surface area contributed by atoms with E-state index in [0.29, 0.717) is 45.0 Å². The van der Waals surface area contributed by atoms with Crippen LogP contribution in [0.15, 0.2) is 0 Å². The highest BCUT2D eigenvalue weighted by molar-refractivity contribution is 7.89. The zero-order valence-electron chi connectivity index (χ0n) is 10.0. The van der Waals surface area contributed by atoms with Gasteiger partial charge in [0.2, 0.25) is 10.0 Å². The lowest BCUT2D eigenvalue weighted by molar-refractivity contribution is 0.151. The Morgan fingerprint density at radius 1 is 1.12 bits per heavy atom. The van der Waals surface area contributed by atoms with E-state index in [1.807, 2.05) is 0 Å². The average molecular weight is 285 g/mol.